The molecule has 0 aromatic heterocycles. The van der Waals surface area contributed by atoms with Gasteiger partial charge in [0.05, 0.1) is 17.6 Å². The van der Waals surface area contributed by atoms with E-state index >= 15 is 0 Å². The van der Waals surface area contributed by atoms with Crippen molar-refractivity contribution in [2.24, 2.45) is 10.4 Å². The van der Waals surface area contributed by atoms with Gasteiger partial charge in [0.1, 0.15) is 11.5 Å². The van der Waals surface area contributed by atoms with Gasteiger partial charge in [0, 0.05) is 13.6 Å². The zero-order valence-electron chi connectivity index (χ0n) is 18.5. The van der Waals surface area contributed by atoms with Gasteiger partial charge in [-0.2, -0.15) is 0 Å². The van der Waals surface area contributed by atoms with Gasteiger partial charge in [-0.1, -0.05) is 32.9 Å². The first kappa shape index (κ1) is 22.0. The van der Waals surface area contributed by atoms with Gasteiger partial charge in [0.25, 0.3) is 0 Å². The summed E-state index contributed by atoms with van der Waals surface area (Å²) in [6.45, 7) is 15.0. The Hall–Kier alpha value is -2.33. The molecule has 1 N–H and O–H groups in total. The number of ether oxygens (including phenoxy) is 1. The molecule has 0 aliphatic heterocycles. The van der Waals surface area contributed by atoms with E-state index in [-0.39, 0.29) is 5.41 Å². The molecule has 0 saturated heterocycles. The lowest BCUT2D eigenvalue weighted by atomic mass is 9.73. The summed E-state index contributed by atoms with van der Waals surface area (Å²) in [7, 11) is 2.00. The summed E-state index contributed by atoms with van der Waals surface area (Å²) in [6, 6.07) is 11.8. The van der Waals surface area contributed by atoms with Crippen molar-refractivity contribution in [1.29, 1.82) is 0 Å². The predicted octanol–water partition coefficient (Wildman–Crippen LogP) is 5.96. The highest BCUT2D eigenvalue weighted by molar-refractivity contribution is 5.64. The van der Waals surface area contributed by atoms with Crippen LogP contribution in [0.15, 0.2) is 41.4 Å². The van der Waals surface area contributed by atoms with Crippen molar-refractivity contribution in [3.05, 3.63) is 53.1 Å². The summed E-state index contributed by atoms with van der Waals surface area (Å²) in [5, 5.41) is 11.0. The van der Waals surface area contributed by atoms with Gasteiger partial charge in [-0.3, -0.25) is 0 Å². The molecule has 2 aromatic carbocycles. The van der Waals surface area contributed by atoms with Crippen LogP contribution in [0.4, 0.5) is 5.69 Å². The molecule has 0 radical (unpaired) electrons. The smallest absolute Gasteiger partial charge is 0.130 e. The molecule has 2 aromatic rings. The van der Waals surface area contributed by atoms with E-state index in [2.05, 4.69) is 11.9 Å². The number of aliphatic hydroxyl groups is 1. The van der Waals surface area contributed by atoms with Crippen LogP contribution in [0.2, 0.25) is 0 Å². The quantitative estimate of drug-likeness (QED) is 0.495. The van der Waals surface area contributed by atoms with Crippen molar-refractivity contribution in [3.63, 3.8) is 0 Å². The van der Waals surface area contributed by atoms with E-state index in [9.17, 15) is 5.11 Å². The van der Waals surface area contributed by atoms with Crippen molar-refractivity contribution < 1.29 is 9.84 Å². The molecule has 2 rings (SSSR count). The van der Waals surface area contributed by atoms with E-state index in [1.165, 1.54) is 0 Å². The topological polar surface area (TPSA) is 45.1 Å². The van der Waals surface area contributed by atoms with Crippen molar-refractivity contribution in [1.82, 2.24) is 4.90 Å². The third-order valence-electron chi connectivity index (χ3n) is 5.47. The van der Waals surface area contributed by atoms with E-state index in [1.807, 2.05) is 96.2 Å². The van der Waals surface area contributed by atoms with Gasteiger partial charge >= 0.3 is 0 Å². The largest absolute Gasteiger partial charge is 0.457 e. The van der Waals surface area contributed by atoms with Gasteiger partial charge in [-0.25, -0.2) is 4.99 Å². The highest BCUT2D eigenvalue weighted by atomic mass is 16.5. The van der Waals surface area contributed by atoms with Crippen LogP contribution in [0.25, 0.3) is 0 Å². The zero-order chi connectivity index (χ0) is 21.1. The molecule has 152 valence electrons. The molecule has 0 bridgehead atoms. The van der Waals surface area contributed by atoms with Gasteiger partial charge < -0.3 is 14.7 Å². The number of hydrogen-bond acceptors (Lipinski definition) is 3. The summed E-state index contributed by atoms with van der Waals surface area (Å²) in [4.78, 5) is 6.60. The highest BCUT2D eigenvalue weighted by Gasteiger charge is 2.37. The van der Waals surface area contributed by atoms with Crippen LogP contribution in [0, 0.1) is 19.3 Å². The number of aryl methyl sites for hydroxylation is 2. The van der Waals surface area contributed by atoms with Crippen LogP contribution in [0.5, 0.6) is 11.5 Å². The maximum Gasteiger partial charge on any atom is 0.130 e. The molecular formula is C24H34N2O2. The SMILES string of the molecule is CCN(C)/C=N/c1cc(C)c(Oc2cccc(C(C)(O)C(C)(C)C)c2)cc1C. The molecule has 0 spiro atoms. The Morgan fingerprint density at radius 1 is 1.07 bits per heavy atom. The first-order chi connectivity index (χ1) is 13.0. The molecule has 4 heteroatoms. The van der Waals surface area contributed by atoms with E-state index < -0.39 is 5.60 Å². The van der Waals surface area contributed by atoms with Gasteiger partial charge in [-0.15, -0.1) is 0 Å². The standard InChI is InChI=1S/C24H34N2O2/c1-9-26(8)16-25-21-13-18(3)22(14-17(21)2)28-20-12-10-11-19(15-20)24(7,27)23(4,5)6/h10-16,27H,9H2,1-8H3/b25-16+. The van der Waals surface area contributed by atoms with Crippen LogP contribution in [0.3, 0.4) is 0 Å². The summed E-state index contributed by atoms with van der Waals surface area (Å²) in [5.41, 5.74) is 2.61. The maximum absolute atomic E-state index is 11.0. The first-order valence-corrected chi connectivity index (χ1v) is 9.82. The van der Waals surface area contributed by atoms with Crippen molar-refractivity contribution in [2.45, 2.75) is 54.1 Å². The van der Waals surface area contributed by atoms with Crippen LogP contribution < -0.4 is 4.74 Å². The molecule has 0 fully saturated rings. The second kappa shape index (κ2) is 8.36. The zero-order valence-corrected chi connectivity index (χ0v) is 18.5. The van der Waals surface area contributed by atoms with Gasteiger partial charge in [0.2, 0.25) is 0 Å². The lowest BCUT2D eigenvalue weighted by Gasteiger charge is -2.37. The molecule has 0 saturated carbocycles. The van der Waals surface area contributed by atoms with E-state index in [0.29, 0.717) is 5.75 Å². The molecule has 0 amide bonds. The Bertz CT molecular complexity index is 848. The monoisotopic (exact) mass is 382 g/mol. The second-order valence-electron chi connectivity index (χ2n) is 8.67. The number of rotatable bonds is 6. The molecule has 0 aliphatic rings. The third kappa shape index (κ3) is 4.93. The van der Waals surface area contributed by atoms with Crippen LogP contribution in [-0.4, -0.2) is 29.9 Å². The number of nitrogens with zero attached hydrogens (tertiary/aromatic N) is 2. The summed E-state index contributed by atoms with van der Waals surface area (Å²) in [5.74, 6) is 1.51. The average Bonchev–Trinajstić information content (AvgIpc) is 2.62. The fourth-order valence-corrected chi connectivity index (χ4v) is 2.69. The van der Waals surface area contributed by atoms with Crippen LogP contribution >= 0.6 is 0 Å². The van der Waals surface area contributed by atoms with Crippen molar-refractivity contribution in [2.75, 3.05) is 13.6 Å². The second-order valence-corrected chi connectivity index (χ2v) is 8.67. The summed E-state index contributed by atoms with van der Waals surface area (Å²) >= 11 is 0. The Labute approximate surface area is 169 Å². The van der Waals surface area contributed by atoms with Crippen LogP contribution in [0.1, 0.15) is 51.3 Å². The first-order valence-electron chi connectivity index (χ1n) is 9.82. The molecule has 1 unspecified atom stereocenters. The van der Waals surface area contributed by atoms with Gasteiger partial charge in [0.15, 0.2) is 0 Å². The summed E-state index contributed by atoms with van der Waals surface area (Å²) < 4.78 is 6.17. The van der Waals surface area contributed by atoms with Crippen molar-refractivity contribution in [3.8, 4) is 11.5 Å². The van der Waals surface area contributed by atoms with Gasteiger partial charge in [-0.05, 0) is 74.1 Å². The minimum atomic E-state index is -0.957. The molecule has 0 aliphatic carbocycles. The number of aliphatic imine (C=N–C) groups is 1. The van der Waals surface area contributed by atoms with Crippen molar-refractivity contribution >= 4 is 12.0 Å². The Morgan fingerprint density at radius 3 is 2.36 bits per heavy atom. The summed E-state index contributed by atoms with van der Waals surface area (Å²) in [6.07, 6.45) is 1.85. The lowest BCUT2D eigenvalue weighted by molar-refractivity contribution is -0.0471. The predicted molar refractivity (Wildman–Crippen MR) is 118 cm³/mol. The lowest BCUT2D eigenvalue weighted by Crippen LogP contribution is -2.36. The number of hydrogen-bond donors (Lipinski definition) is 1. The Balaban J connectivity index is 2.31. The maximum atomic E-state index is 11.0. The average molecular weight is 383 g/mol. The third-order valence-corrected chi connectivity index (χ3v) is 5.47. The molecule has 4 nitrogen and oxygen atoms in total. The Morgan fingerprint density at radius 2 is 1.75 bits per heavy atom. The molecular weight excluding hydrogens is 348 g/mol. The molecule has 28 heavy (non-hydrogen) atoms. The fraction of sp³-hybridized carbons (Fsp3) is 0.458. The minimum Gasteiger partial charge on any atom is -0.457 e. The van der Waals surface area contributed by atoms with E-state index in [0.717, 1.165) is 34.7 Å². The highest BCUT2D eigenvalue weighted by Crippen LogP contribution is 2.40. The normalized spacial score (nSPS) is 14.2. The molecule has 0 heterocycles. The number of benzene rings is 2. The van der Waals surface area contributed by atoms with Crippen LogP contribution in [-0.2, 0) is 5.60 Å². The van der Waals surface area contributed by atoms with E-state index in [1.54, 1.807) is 0 Å². The minimum absolute atomic E-state index is 0.288. The Kier molecular flexibility index (Phi) is 6.56. The van der Waals surface area contributed by atoms with E-state index in [4.69, 9.17) is 4.74 Å². The fourth-order valence-electron chi connectivity index (χ4n) is 2.69. The molecule has 1 atom stereocenters.